The summed E-state index contributed by atoms with van der Waals surface area (Å²) in [5.41, 5.74) is 6.44. The minimum Gasteiger partial charge on any atom is -0.378 e. The molecule has 8 heteroatoms. The molecule has 38 heavy (non-hydrogen) atoms. The second kappa shape index (κ2) is 10.7. The third-order valence-corrected chi connectivity index (χ3v) is 7.38. The normalized spacial score (nSPS) is 16.1. The molecule has 194 valence electrons. The predicted molar refractivity (Wildman–Crippen MR) is 152 cm³/mol. The summed E-state index contributed by atoms with van der Waals surface area (Å²) in [6.07, 6.45) is 1.87. The number of morpholine rings is 1. The first-order chi connectivity index (χ1) is 18.6. The first kappa shape index (κ1) is 24.2. The highest BCUT2D eigenvalue weighted by molar-refractivity contribution is 5.94. The number of rotatable bonds is 5. The van der Waals surface area contributed by atoms with E-state index in [1.165, 1.54) is 5.69 Å². The van der Waals surface area contributed by atoms with E-state index in [1.807, 2.05) is 17.2 Å². The van der Waals surface area contributed by atoms with E-state index >= 15 is 0 Å². The monoisotopic (exact) mass is 508 g/mol. The average Bonchev–Trinajstić information content (AvgIpc) is 2.98. The van der Waals surface area contributed by atoms with Gasteiger partial charge in [0.2, 0.25) is 11.9 Å². The third kappa shape index (κ3) is 5.13. The zero-order valence-corrected chi connectivity index (χ0v) is 21.6. The van der Waals surface area contributed by atoms with Crippen LogP contribution >= 0.6 is 0 Å². The summed E-state index contributed by atoms with van der Waals surface area (Å²) in [6.45, 7) is 8.25. The molecule has 1 amide bonds. The lowest BCUT2D eigenvalue weighted by atomic mass is 10.0. The van der Waals surface area contributed by atoms with Gasteiger partial charge in [0.05, 0.1) is 18.7 Å². The summed E-state index contributed by atoms with van der Waals surface area (Å²) in [5.74, 6) is 0.713. The minimum atomic E-state index is 0.146. The van der Waals surface area contributed by atoms with Gasteiger partial charge in [0.15, 0.2) is 0 Å². The molecule has 3 aromatic carbocycles. The van der Waals surface area contributed by atoms with Crippen LogP contribution in [0.5, 0.6) is 0 Å². The number of para-hydroxylation sites is 1. The number of nitrogens with one attached hydrogen (secondary N) is 1. The smallest absolute Gasteiger partial charge is 0.227 e. The molecule has 2 saturated heterocycles. The van der Waals surface area contributed by atoms with Crippen molar-refractivity contribution in [3.8, 4) is 11.1 Å². The largest absolute Gasteiger partial charge is 0.378 e. The SMILES string of the molecule is CC(=O)N1CCN(c2ccc(Nc3ncc4cccc(-c5ccc(N6CCOCC6)cc5)c4n3)cc2)CC1. The van der Waals surface area contributed by atoms with E-state index in [9.17, 15) is 4.79 Å². The van der Waals surface area contributed by atoms with Crippen LogP contribution in [0.15, 0.2) is 72.9 Å². The Hall–Kier alpha value is -4.17. The molecule has 2 aliphatic heterocycles. The van der Waals surface area contributed by atoms with Gasteiger partial charge in [0.25, 0.3) is 0 Å². The average molecular weight is 509 g/mol. The summed E-state index contributed by atoms with van der Waals surface area (Å²) in [5, 5.41) is 4.37. The molecule has 1 aromatic heterocycles. The van der Waals surface area contributed by atoms with Gasteiger partial charge < -0.3 is 24.8 Å². The highest BCUT2D eigenvalue weighted by atomic mass is 16.5. The summed E-state index contributed by atoms with van der Waals surface area (Å²) >= 11 is 0. The molecule has 0 aliphatic carbocycles. The maximum Gasteiger partial charge on any atom is 0.227 e. The van der Waals surface area contributed by atoms with Crippen LogP contribution in [-0.4, -0.2) is 73.3 Å². The van der Waals surface area contributed by atoms with Crippen molar-refractivity contribution in [1.82, 2.24) is 14.9 Å². The molecule has 1 N–H and O–H groups in total. The third-order valence-electron chi connectivity index (χ3n) is 7.38. The maximum absolute atomic E-state index is 11.6. The second-order valence-electron chi connectivity index (χ2n) is 9.75. The number of carbonyl (C=O) groups excluding carboxylic acids is 1. The fraction of sp³-hybridized carbons (Fsp3) is 0.300. The number of hydrogen-bond donors (Lipinski definition) is 1. The van der Waals surface area contributed by atoms with E-state index in [0.29, 0.717) is 5.95 Å². The lowest BCUT2D eigenvalue weighted by Crippen LogP contribution is -2.48. The maximum atomic E-state index is 11.6. The molecule has 8 nitrogen and oxygen atoms in total. The molecule has 0 radical (unpaired) electrons. The number of piperazine rings is 1. The molecule has 2 fully saturated rings. The van der Waals surface area contributed by atoms with Crippen molar-refractivity contribution < 1.29 is 9.53 Å². The molecule has 0 bridgehead atoms. The fourth-order valence-electron chi connectivity index (χ4n) is 5.19. The number of amides is 1. The first-order valence-corrected chi connectivity index (χ1v) is 13.2. The Bertz CT molecular complexity index is 1410. The van der Waals surface area contributed by atoms with Crippen molar-refractivity contribution >= 4 is 39.8 Å². The highest BCUT2D eigenvalue weighted by Crippen LogP contribution is 2.30. The van der Waals surface area contributed by atoms with Crippen molar-refractivity contribution in [1.29, 1.82) is 0 Å². The summed E-state index contributed by atoms with van der Waals surface area (Å²) in [4.78, 5) is 27.6. The number of ether oxygens (including phenoxy) is 1. The van der Waals surface area contributed by atoms with Crippen molar-refractivity contribution in [2.24, 2.45) is 0 Å². The Morgan fingerprint density at radius 2 is 1.47 bits per heavy atom. The number of aromatic nitrogens is 2. The van der Waals surface area contributed by atoms with Gasteiger partial charge in [-0.05, 0) is 42.0 Å². The Balaban J connectivity index is 1.18. The van der Waals surface area contributed by atoms with Crippen LogP contribution in [0.4, 0.5) is 23.0 Å². The van der Waals surface area contributed by atoms with Gasteiger partial charge in [-0.3, -0.25) is 4.79 Å². The van der Waals surface area contributed by atoms with Gasteiger partial charge >= 0.3 is 0 Å². The Labute approximate surface area is 222 Å². The fourth-order valence-corrected chi connectivity index (χ4v) is 5.19. The van der Waals surface area contributed by atoms with Gasteiger partial charge in [-0.15, -0.1) is 0 Å². The van der Waals surface area contributed by atoms with Gasteiger partial charge in [-0.2, -0.15) is 0 Å². The summed E-state index contributed by atoms with van der Waals surface area (Å²) in [7, 11) is 0. The first-order valence-electron chi connectivity index (χ1n) is 13.2. The van der Waals surface area contributed by atoms with E-state index in [2.05, 4.69) is 80.8 Å². The molecule has 0 unspecified atom stereocenters. The topological polar surface area (TPSA) is 73.8 Å². The summed E-state index contributed by atoms with van der Waals surface area (Å²) < 4.78 is 5.48. The van der Waals surface area contributed by atoms with Crippen molar-refractivity contribution in [2.45, 2.75) is 6.92 Å². The number of benzene rings is 3. The number of fused-ring (bicyclic) bond motifs is 1. The van der Waals surface area contributed by atoms with Crippen LogP contribution in [0.3, 0.4) is 0 Å². The van der Waals surface area contributed by atoms with E-state index in [0.717, 1.165) is 85.9 Å². The van der Waals surface area contributed by atoms with Crippen LogP contribution < -0.4 is 15.1 Å². The minimum absolute atomic E-state index is 0.146. The van der Waals surface area contributed by atoms with Gasteiger partial charge in [-0.1, -0.05) is 30.3 Å². The molecule has 3 heterocycles. The van der Waals surface area contributed by atoms with Crippen molar-refractivity contribution in [3.05, 3.63) is 72.9 Å². The Morgan fingerprint density at radius 1 is 0.816 bits per heavy atom. The number of nitrogens with zero attached hydrogens (tertiary/aromatic N) is 5. The molecular formula is C30H32N6O2. The Morgan fingerprint density at radius 3 is 2.16 bits per heavy atom. The van der Waals surface area contributed by atoms with Gasteiger partial charge in [0, 0.05) is 80.4 Å². The van der Waals surface area contributed by atoms with E-state index in [-0.39, 0.29) is 5.91 Å². The van der Waals surface area contributed by atoms with E-state index in [4.69, 9.17) is 9.72 Å². The van der Waals surface area contributed by atoms with E-state index in [1.54, 1.807) is 6.92 Å². The zero-order chi connectivity index (χ0) is 25.9. The van der Waals surface area contributed by atoms with Crippen LogP contribution in [-0.2, 0) is 9.53 Å². The van der Waals surface area contributed by atoms with Gasteiger partial charge in [-0.25, -0.2) is 9.97 Å². The number of anilines is 4. The van der Waals surface area contributed by atoms with Crippen molar-refractivity contribution in [2.75, 3.05) is 67.6 Å². The quantitative estimate of drug-likeness (QED) is 0.424. The van der Waals surface area contributed by atoms with Crippen LogP contribution in [0, 0.1) is 0 Å². The van der Waals surface area contributed by atoms with Crippen LogP contribution in [0.2, 0.25) is 0 Å². The van der Waals surface area contributed by atoms with Crippen LogP contribution in [0.1, 0.15) is 6.92 Å². The predicted octanol–water partition coefficient (Wildman–Crippen LogP) is 4.55. The molecule has 0 atom stereocenters. The zero-order valence-electron chi connectivity index (χ0n) is 21.6. The molecular weight excluding hydrogens is 476 g/mol. The lowest BCUT2D eigenvalue weighted by Gasteiger charge is -2.35. The molecule has 0 saturated carbocycles. The standard InChI is InChI=1S/C30H32N6O2/c1-22(37)34-13-15-35(16-14-34)27-11-7-25(8-12-27)32-30-31-21-24-3-2-4-28(29(24)33-30)23-5-9-26(10-6-23)36-17-19-38-20-18-36/h2-12,21H,13-20H2,1H3,(H,31,32,33). The number of carbonyl (C=O) groups is 1. The molecule has 6 rings (SSSR count). The van der Waals surface area contributed by atoms with Crippen molar-refractivity contribution in [3.63, 3.8) is 0 Å². The Kier molecular flexibility index (Phi) is 6.79. The summed E-state index contributed by atoms with van der Waals surface area (Å²) in [6, 6.07) is 23.2. The lowest BCUT2D eigenvalue weighted by molar-refractivity contribution is -0.129. The number of hydrogen-bond acceptors (Lipinski definition) is 7. The van der Waals surface area contributed by atoms with Gasteiger partial charge in [0.1, 0.15) is 0 Å². The highest BCUT2D eigenvalue weighted by Gasteiger charge is 2.19. The molecule has 4 aromatic rings. The van der Waals surface area contributed by atoms with Crippen LogP contribution in [0.25, 0.3) is 22.0 Å². The molecule has 2 aliphatic rings. The molecule has 0 spiro atoms. The second-order valence-corrected chi connectivity index (χ2v) is 9.75. The van der Waals surface area contributed by atoms with E-state index < -0.39 is 0 Å².